The lowest BCUT2D eigenvalue weighted by atomic mass is 10.2. The number of rotatable bonds is 7. The Hall–Kier alpha value is -2.53. The minimum Gasteiger partial charge on any atom is -0.497 e. The predicted octanol–water partition coefficient (Wildman–Crippen LogP) is 2.73. The average molecular weight is 313 g/mol. The molecule has 1 amide bonds. The molecule has 0 atom stereocenters. The summed E-state index contributed by atoms with van der Waals surface area (Å²) in [6.07, 6.45) is 0. The molecular weight excluding hydrogens is 290 g/mol. The van der Waals surface area contributed by atoms with Crippen molar-refractivity contribution in [3.8, 4) is 5.75 Å². The van der Waals surface area contributed by atoms with Gasteiger partial charge in [-0.3, -0.25) is 4.79 Å². The van der Waals surface area contributed by atoms with Crippen LogP contribution >= 0.6 is 0 Å². The number of carbonyl (C=O) groups excluding carboxylic acids is 1. The van der Waals surface area contributed by atoms with Crippen LogP contribution in [-0.2, 0) is 0 Å². The molecule has 0 aliphatic rings. The number of hydrogen-bond donors (Lipinski definition) is 2. The molecule has 0 fully saturated rings. The van der Waals surface area contributed by atoms with E-state index < -0.39 is 0 Å². The first-order chi connectivity index (χ1) is 11.1. The monoisotopic (exact) mass is 313 g/mol. The Morgan fingerprint density at radius 2 is 1.83 bits per heavy atom. The maximum atomic E-state index is 12.0. The van der Waals surface area contributed by atoms with Crippen molar-refractivity contribution in [3.05, 3.63) is 54.1 Å². The van der Waals surface area contributed by atoms with Gasteiger partial charge >= 0.3 is 0 Å². The van der Waals surface area contributed by atoms with Crippen molar-refractivity contribution in [2.75, 3.05) is 39.6 Å². The first kappa shape index (κ1) is 16.8. The van der Waals surface area contributed by atoms with Gasteiger partial charge < -0.3 is 20.3 Å². The van der Waals surface area contributed by atoms with E-state index in [1.54, 1.807) is 7.11 Å². The summed E-state index contributed by atoms with van der Waals surface area (Å²) in [4.78, 5) is 14.0. The van der Waals surface area contributed by atoms with Gasteiger partial charge in [-0.25, -0.2) is 0 Å². The van der Waals surface area contributed by atoms with Crippen molar-refractivity contribution < 1.29 is 9.53 Å². The maximum Gasteiger partial charge on any atom is 0.251 e. The molecule has 0 aromatic heterocycles. The quantitative estimate of drug-likeness (QED) is 0.825. The Bertz CT molecular complexity index is 639. The maximum absolute atomic E-state index is 12.0. The smallest absolute Gasteiger partial charge is 0.251 e. The van der Waals surface area contributed by atoms with E-state index >= 15 is 0 Å². The fraction of sp³-hybridized carbons (Fsp3) is 0.278. The zero-order valence-electron chi connectivity index (χ0n) is 13.8. The van der Waals surface area contributed by atoms with E-state index in [4.69, 9.17) is 4.74 Å². The van der Waals surface area contributed by atoms with E-state index in [9.17, 15) is 4.79 Å². The number of amides is 1. The Kier molecular flexibility index (Phi) is 6.00. The highest BCUT2D eigenvalue weighted by atomic mass is 16.5. The number of ether oxygens (including phenoxy) is 1. The summed E-state index contributed by atoms with van der Waals surface area (Å²) in [5.41, 5.74) is 2.51. The lowest BCUT2D eigenvalue weighted by molar-refractivity contribution is 0.0951. The topological polar surface area (TPSA) is 53.6 Å². The van der Waals surface area contributed by atoms with Crippen LogP contribution in [0.25, 0.3) is 0 Å². The largest absolute Gasteiger partial charge is 0.497 e. The van der Waals surface area contributed by atoms with E-state index in [0.29, 0.717) is 12.1 Å². The Labute approximate surface area is 137 Å². The third kappa shape index (κ3) is 5.30. The van der Waals surface area contributed by atoms with Crippen LogP contribution in [0.1, 0.15) is 10.4 Å². The zero-order chi connectivity index (χ0) is 16.7. The van der Waals surface area contributed by atoms with Gasteiger partial charge in [-0.15, -0.1) is 0 Å². The molecule has 0 unspecified atom stereocenters. The summed E-state index contributed by atoms with van der Waals surface area (Å²) < 4.78 is 5.20. The van der Waals surface area contributed by atoms with E-state index in [1.165, 1.54) is 0 Å². The molecule has 0 spiro atoms. The van der Waals surface area contributed by atoms with Crippen molar-refractivity contribution in [1.82, 2.24) is 10.2 Å². The molecule has 2 aromatic rings. The number of nitrogens with zero attached hydrogens (tertiary/aromatic N) is 1. The van der Waals surface area contributed by atoms with Crippen molar-refractivity contribution in [2.45, 2.75) is 0 Å². The Morgan fingerprint density at radius 1 is 1.09 bits per heavy atom. The van der Waals surface area contributed by atoms with Crippen molar-refractivity contribution in [3.63, 3.8) is 0 Å². The Balaban J connectivity index is 1.94. The van der Waals surface area contributed by atoms with Crippen LogP contribution in [-0.4, -0.2) is 45.1 Å². The normalized spacial score (nSPS) is 10.4. The van der Waals surface area contributed by atoms with Gasteiger partial charge in [-0.05, 0) is 50.5 Å². The second-order valence-corrected chi connectivity index (χ2v) is 5.49. The molecular formula is C18H23N3O2. The van der Waals surface area contributed by atoms with Crippen LogP contribution in [0.2, 0.25) is 0 Å². The zero-order valence-corrected chi connectivity index (χ0v) is 13.8. The van der Waals surface area contributed by atoms with Gasteiger partial charge in [-0.2, -0.15) is 0 Å². The van der Waals surface area contributed by atoms with Gasteiger partial charge in [0.15, 0.2) is 0 Å². The average Bonchev–Trinajstić information content (AvgIpc) is 2.55. The van der Waals surface area contributed by atoms with Crippen LogP contribution in [0.15, 0.2) is 48.5 Å². The summed E-state index contributed by atoms with van der Waals surface area (Å²) in [6.45, 7) is 1.46. The molecule has 0 bridgehead atoms. The molecule has 0 aliphatic heterocycles. The van der Waals surface area contributed by atoms with Crippen LogP contribution in [0.5, 0.6) is 5.75 Å². The lowest BCUT2D eigenvalue weighted by Gasteiger charge is -2.11. The second kappa shape index (κ2) is 8.19. The van der Waals surface area contributed by atoms with E-state index in [1.807, 2.05) is 67.5 Å². The highest BCUT2D eigenvalue weighted by molar-refractivity contribution is 5.94. The molecule has 5 heteroatoms. The van der Waals surface area contributed by atoms with Crippen molar-refractivity contribution in [2.24, 2.45) is 0 Å². The molecule has 2 N–H and O–H groups in total. The van der Waals surface area contributed by atoms with Crippen LogP contribution in [0.3, 0.4) is 0 Å². The van der Waals surface area contributed by atoms with Gasteiger partial charge in [-0.1, -0.05) is 6.07 Å². The molecule has 0 aliphatic carbocycles. The summed E-state index contributed by atoms with van der Waals surface area (Å²) >= 11 is 0. The van der Waals surface area contributed by atoms with Gasteiger partial charge in [0, 0.05) is 36.1 Å². The van der Waals surface area contributed by atoms with Gasteiger partial charge in [0.2, 0.25) is 0 Å². The number of methoxy groups -OCH3 is 1. The highest BCUT2D eigenvalue weighted by Crippen LogP contribution is 2.21. The number of carbonyl (C=O) groups is 1. The molecule has 0 saturated heterocycles. The molecule has 2 aromatic carbocycles. The minimum atomic E-state index is -0.0558. The highest BCUT2D eigenvalue weighted by Gasteiger charge is 2.05. The van der Waals surface area contributed by atoms with Crippen molar-refractivity contribution in [1.29, 1.82) is 0 Å². The first-order valence-electron chi connectivity index (χ1n) is 7.52. The van der Waals surface area contributed by atoms with Gasteiger partial charge in [0.25, 0.3) is 5.91 Å². The Morgan fingerprint density at radius 3 is 2.48 bits per heavy atom. The fourth-order valence-corrected chi connectivity index (χ4v) is 2.07. The first-order valence-corrected chi connectivity index (χ1v) is 7.52. The summed E-state index contributed by atoms with van der Waals surface area (Å²) in [5.74, 6) is 0.742. The molecule has 23 heavy (non-hydrogen) atoms. The van der Waals surface area contributed by atoms with Crippen LogP contribution < -0.4 is 15.4 Å². The number of likely N-dealkylation sites (N-methyl/N-ethyl adjacent to an activating group) is 1. The third-order valence-electron chi connectivity index (χ3n) is 3.35. The SMILES string of the molecule is COc1cccc(Nc2ccc(C(=O)NCCN(C)C)cc2)c1. The lowest BCUT2D eigenvalue weighted by Crippen LogP contribution is -2.31. The van der Waals surface area contributed by atoms with E-state index in [0.717, 1.165) is 23.7 Å². The van der Waals surface area contributed by atoms with Crippen molar-refractivity contribution >= 4 is 17.3 Å². The minimum absolute atomic E-state index is 0.0558. The molecule has 0 radical (unpaired) electrons. The second-order valence-electron chi connectivity index (χ2n) is 5.49. The summed E-state index contributed by atoms with van der Waals surface area (Å²) in [5, 5.41) is 6.18. The number of anilines is 2. The van der Waals surface area contributed by atoms with E-state index in [-0.39, 0.29) is 5.91 Å². The molecule has 5 nitrogen and oxygen atoms in total. The molecule has 0 saturated carbocycles. The molecule has 122 valence electrons. The van der Waals surface area contributed by atoms with Gasteiger partial charge in [0.05, 0.1) is 7.11 Å². The van der Waals surface area contributed by atoms with Gasteiger partial charge in [0.1, 0.15) is 5.75 Å². The van der Waals surface area contributed by atoms with Crippen LogP contribution in [0, 0.1) is 0 Å². The number of hydrogen-bond acceptors (Lipinski definition) is 4. The standard InChI is InChI=1S/C18H23N3O2/c1-21(2)12-11-19-18(22)14-7-9-15(10-8-14)20-16-5-4-6-17(13-16)23-3/h4-10,13,20H,11-12H2,1-3H3,(H,19,22). The number of nitrogens with one attached hydrogen (secondary N) is 2. The summed E-state index contributed by atoms with van der Waals surface area (Å²) in [7, 11) is 5.60. The van der Waals surface area contributed by atoms with Crippen LogP contribution in [0.4, 0.5) is 11.4 Å². The predicted molar refractivity (Wildman–Crippen MR) is 93.6 cm³/mol. The molecule has 2 rings (SSSR count). The number of benzene rings is 2. The third-order valence-corrected chi connectivity index (χ3v) is 3.35. The molecule has 0 heterocycles. The summed E-state index contributed by atoms with van der Waals surface area (Å²) in [6, 6.07) is 15.1. The van der Waals surface area contributed by atoms with E-state index in [2.05, 4.69) is 10.6 Å². The fourth-order valence-electron chi connectivity index (χ4n) is 2.07.